The van der Waals surface area contributed by atoms with Gasteiger partial charge in [-0.05, 0) is 74.6 Å². The molecule has 1 aliphatic rings. The van der Waals surface area contributed by atoms with Gasteiger partial charge in [0.15, 0.2) is 5.78 Å². The van der Waals surface area contributed by atoms with Gasteiger partial charge in [-0.25, -0.2) is 13.6 Å². The molecule has 0 aliphatic heterocycles. The number of carbonyl (C=O) groups excluding carboxylic acids is 1. The summed E-state index contributed by atoms with van der Waals surface area (Å²) in [7, 11) is 0.219. The smallest absolute Gasteiger partial charge is 0.238 e. The maximum atomic E-state index is 13.3. The van der Waals surface area contributed by atoms with Crippen molar-refractivity contribution < 1.29 is 13.2 Å². The summed E-state index contributed by atoms with van der Waals surface area (Å²) >= 11 is 0. The fraction of sp³-hybridized carbons (Fsp3) is 0.320. The van der Waals surface area contributed by atoms with E-state index in [1.165, 1.54) is 12.1 Å². The van der Waals surface area contributed by atoms with Gasteiger partial charge in [0.2, 0.25) is 10.0 Å². The summed E-state index contributed by atoms with van der Waals surface area (Å²) in [5, 5.41) is 5.26. The molecule has 32 heavy (non-hydrogen) atoms. The van der Waals surface area contributed by atoms with Crippen LogP contribution in [0.2, 0.25) is 0 Å². The van der Waals surface area contributed by atoms with E-state index in [0.717, 1.165) is 52.3 Å². The van der Waals surface area contributed by atoms with Crippen molar-refractivity contribution in [2.75, 3.05) is 19.0 Å². The topological polar surface area (TPSA) is 85.4 Å². The Balaban J connectivity index is 1.87. The molecule has 0 spiro atoms. The minimum absolute atomic E-state index is 0.0557. The third-order valence-electron chi connectivity index (χ3n) is 6.19. The highest BCUT2D eigenvalue weighted by Crippen LogP contribution is 2.39. The van der Waals surface area contributed by atoms with Crippen LogP contribution in [0.15, 0.2) is 53.4 Å². The van der Waals surface area contributed by atoms with E-state index >= 15 is 0 Å². The Morgan fingerprint density at radius 2 is 1.59 bits per heavy atom. The molecule has 1 heterocycles. The normalized spacial score (nSPS) is 13.9. The summed E-state index contributed by atoms with van der Waals surface area (Å²) < 4.78 is 25.5. The molecule has 0 unspecified atom stereocenters. The van der Waals surface area contributed by atoms with Crippen LogP contribution in [0.1, 0.15) is 41.0 Å². The Bertz CT molecular complexity index is 1270. The molecule has 4 rings (SSSR count). The fourth-order valence-corrected chi connectivity index (χ4v) is 4.83. The van der Waals surface area contributed by atoms with Gasteiger partial charge >= 0.3 is 0 Å². The van der Waals surface area contributed by atoms with Crippen LogP contribution in [0.3, 0.4) is 0 Å². The zero-order chi connectivity index (χ0) is 23.2. The van der Waals surface area contributed by atoms with Gasteiger partial charge in [-0.1, -0.05) is 12.1 Å². The number of anilines is 1. The van der Waals surface area contributed by atoms with Gasteiger partial charge in [0.05, 0.1) is 4.90 Å². The highest BCUT2D eigenvalue weighted by molar-refractivity contribution is 7.89. The zero-order valence-electron chi connectivity index (χ0n) is 18.9. The lowest BCUT2D eigenvalue weighted by molar-refractivity contribution is 0.0976. The minimum atomic E-state index is -3.78. The standard InChI is InChI=1S/C25H29N3O3S/c1-16-24(19-7-13-22(14-8-19)32(26,30)31)25(23(29)15-18-5-6-18)17(2)28(16)21-11-9-20(10-12-21)27(3)4/h7-14,18H,5-6,15H2,1-4H3,(H2,26,30,31). The number of nitrogens with two attached hydrogens (primary N) is 1. The van der Waals surface area contributed by atoms with E-state index in [-0.39, 0.29) is 10.7 Å². The second kappa shape index (κ2) is 8.22. The summed E-state index contributed by atoms with van der Waals surface area (Å²) in [6.45, 7) is 3.99. The van der Waals surface area contributed by atoms with E-state index in [0.29, 0.717) is 12.3 Å². The fourth-order valence-electron chi connectivity index (χ4n) is 4.32. The molecule has 0 saturated heterocycles. The molecule has 1 saturated carbocycles. The second-order valence-corrected chi connectivity index (χ2v) is 10.4. The monoisotopic (exact) mass is 451 g/mol. The van der Waals surface area contributed by atoms with E-state index < -0.39 is 10.0 Å². The van der Waals surface area contributed by atoms with Crippen molar-refractivity contribution in [3.63, 3.8) is 0 Å². The molecule has 168 valence electrons. The maximum Gasteiger partial charge on any atom is 0.238 e. The number of rotatable bonds is 7. The van der Waals surface area contributed by atoms with Gasteiger partial charge in [-0.3, -0.25) is 4.79 Å². The molecule has 0 atom stereocenters. The van der Waals surface area contributed by atoms with E-state index in [2.05, 4.69) is 28.8 Å². The quantitative estimate of drug-likeness (QED) is 0.538. The van der Waals surface area contributed by atoms with Crippen LogP contribution in [0, 0.1) is 19.8 Å². The van der Waals surface area contributed by atoms with Crippen molar-refractivity contribution in [1.82, 2.24) is 4.57 Å². The van der Waals surface area contributed by atoms with Crippen molar-refractivity contribution in [3.05, 3.63) is 65.5 Å². The lowest BCUT2D eigenvalue weighted by Crippen LogP contribution is -2.11. The molecule has 0 bridgehead atoms. The molecular formula is C25H29N3O3S. The Kier molecular flexibility index (Phi) is 5.73. The number of Topliss-reactive ketones (excluding diaryl/α,β-unsaturated/α-hetero) is 1. The number of hydrogen-bond acceptors (Lipinski definition) is 4. The van der Waals surface area contributed by atoms with Gasteiger partial charge < -0.3 is 9.47 Å². The first kappa shape index (κ1) is 22.3. The molecule has 2 aromatic carbocycles. The van der Waals surface area contributed by atoms with Crippen molar-refractivity contribution in [2.45, 2.75) is 38.0 Å². The highest BCUT2D eigenvalue weighted by Gasteiger charge is 2.30. The average Bonchev–Trinajstić information content (AvgIpc) is 3.51. The molecule has 3 aromatic rings. The van der Waals surface area contributed by atoms with E-state index in [1.807, 2.05) is 32.8 Å². The molecule has 0 radical (unpaired) electrons. The van der Waals surface area contributed by atoms with Crippen molar-refractivity contribution in [3.8, 4) is 16.8 Å². The lowest BCUT2D eigenvalue weighted by Gasteiger charge is -2.15. The first-order valence-electron chi connectivity index (χ1n) is 10.7. The summed E-state index contributed by atoms with van der Waals surface area (Å²) in [6.07, 6.45) is 2.76. The van der Waals surface area contributed by atoms with Crippen LogP contribution in [0.5, 0.6) is 0 Å². The molecule has 6 nitrogen and oxygen atoms in total. The van der Waals surface area contributed by atoms with Crippen LogP contribution in [-0.4, -0.2) is 32.9 Å². The van der Waals surface area contributed by atoms with Crippen molar-refractivity contribution in [2.24, 2.45) is 11.1 Å². The van der Waals surface area contributed by atoms with Crippen LogP contribution in [-0.2, 0) is 10.0 Å². The zero-order valence-corrected chi connectivity index (χ0v) is 19.7. The average molecular weight is 452 g/mol. The van der Waals surface area contributed by atoms with Gasteiger partial charge in [-0.15, -0.1) is 0 Å². The van der Waals surface area contributed by atoms with Crippen LogP contribution >= 0.6 is 0 Å². The summed E-state index contributed by atoms with van der Waals surface area (Å²) in [5.41, 5.74) is 6.30. The number of aromatic nitrogens is 1. The number of primary sulfonamides is 1. The highest BCUT2D eigenvalue weighted by atomic mass is 32.2. The Morgan fingerprint density at radius 3 is 2.09 bits per heavy atom. The third-order valence-corrected chi connectivity index (χ3v) is 7.12. The maximum absolute atomic E-state index is 13.3. The van der Waals surface area contributed by atoms with E-state index in [4.69, 9.17) is 5.14 Å². The molecule has 1 aromatic heterocycles. The second-order valence-electron chi connectivity index (χ2n) is 8.81. The minimum Gasteiger partial charge on any atom is -0.378 e. The number of carbonyl (C=O) groups is 1. The van der Waals surface area contributed by atoms with Crippen molar-refractivity contribution >= 4 is 21.5 Å². The SMILES string of the molecule is Cc1c(C(=O)CC2CC2)c(-c2ccc(S(N)(=O)=O)cc2)c(C)n1-c1ccc(N(C)C)cc1. The predicted octanol–water partition coefficient (Wildman–Crippen LogP) is 4.46. The first-order chi connectivity index (χ1) is 15.1. The van der Waals surface area contributed by atoms with Gasteiger partial charge in [0, 0.05) is 54.4 Å². The largest absolute Gasteiger partial charge is 0.378 e. The van der Waals surface area contributed by atoms with Crippen LogP contribution < -0.4 is 10.0 Å². The number of ketones is 1. The number of nitrogens with zero attached hydrogens (tertiary/aromatic N) is 2. The molecule has 2 N–H and O–H groups in total. The van der Waals surface area contributed by atoms with Crippen molar-refractivity contribution in [1.29, 1.82) is 0 Å². The van der Waals surface area contributed by atoms with Crippen LogP contribution in [0.25, 0.3) is 16.8 Å². The number of hydrogen-bond donors (Lipinski definition) is 1. The first-order valence-corrected chi connectivity index (χ1v) is 12.3. The molecule has 1 aliphatic carbocycles. The lowest BCUT2D eigenvalue weighted by atomic mass is 9.95. The van der Waals surface area contributed by atoms with E-state index in [9.17, 15) is 13.2 Å². The number of sulfonamides is 1. The summed E-state index contributed by atoms with van der Waals surface area (Å²) in [4.78, 5) is 15.4. The Labute approximate surface area is 189 Å². The predicted molar refractivity (Wildman–Crippen MR) is 128 cm³/mol. The number of benzene rings is 2. The molecule has 1 fully saturated rings. The van der Waals surface area contributed by atoms with Gasteiger partial charge in [-0.2, -0.15) is 0 Å². The third kappa shape index (κ3) is 4.23. The van der Waals surface area contributed by atoms with Gasteiger partial charge in [0.1, 0.15) is 0 Å². The van der Waals surface area contributed by atoms with Gasteiger partial charge in [0.25, 0.3) is 0 Å². The Morgan fingerprint density at radius 1 is 1.00 bits per heavy atom. The summed E-state index contributed by atoms with van der Waals surface area (Å²) in [5.74, 6) is 0.616. The summed E-state index contributed by atoms with van der Waals surface area (Å²) in [6, 6.07) is 14.7. The molecular weight excluding hydrogens is 422 g/mol. The van der Waals surface area contributed by atoms with Crippen LogP contribution in [0.4, 0.5) is 5.69 Å². The molecule has 7 heteroatoms. The molecule has 0 amide bonds. The van der Waals surface area contributed by atoms with E-state index in [1.54, 1.807) is 12.1 Å². The Hall–Kier alpha value is -2.90.